The maximum Gasteiger partial charge on any atom is 0.410 e. The Balaban J connectivity index is 1.23. The number of rotatable bonds is 7. The molecule has 3 heterocycles. The molecule has 0 spiro atoms. The van der Waals surface area contributed by atoms with Crippen LogP contribution < -0.4 is 15.4 Å². The molecule has 10 heteroatoms. The predicted octanol–water partition coefficient (Wildman–Crippen LogP) is 7.20. The Hall–Kier alpha value is -4.73. The van der Waals surface area contributed by atoms with Crippen LogP contribution in [0.5, 0.6) is 11.6 Å². The van der Waals surface area contributed by atoms with Crippen LogP contribution in [0.15, 0.2) is 60.9 Å². The molecule has 1 aliphatic heterocycles. The van der Waals surface area contributed by atoms with E-state index in [1.54, 1.807) is 17.3 Å². The number of fused-ring (bicyclic) bond motifs is 1. The topological polar surface area (TPSA) is 119 Å². The second-order valence-electron chi connectivity index (χ2n) is 13.1. The number of anilines is 2. The minimum Gasteiger partial charge on any atom is -0.444 e. The van der Waals surface area contributed by atoms with Gasteiger partial charge in [-0.25, -0.2) is 19.7 Å². The van der Waals surface area contributed by atoms with Crippen molar-refractivity contribution in [1.29, 1.82) is 0 Å². The first-order valence-corrected chi connectivity index (χ1v) is 15.6. The molecule has 45 heavy (non-hydrogen) atoms. The molecule has 1 saturated heterocycles. The molecular formula is C35H40N6O4. The van der Waals surface area contributed by atoms with Crippen molar-refractivity contribution in [2.24, 2.45) is 11.8 Å². The first kappa shape index (κ1) is 30.3. The van der Waals surface area contributed by atoms with Gasteiger partial charge in [0.2, 0.25) is 17.7 Å². The number of carbonyl (C=O) groups is 2. The average Bonchev–Trinajstić information content (AvgIpc) is 3.75. The average molecular weight is 609 g/mol. The first-order chi connectivity index (χ1) is 21.6. The zero-order valence-electron chi connectivity index (χ0n) is 26.5. The zero-order valence-corrected chi connectivity index (χ0v) is 26.5. The fraction of sp³-hybridized carbons (Fsp3) is 0.400. The number of aromatic nitrogens is 3. The molecule has 2 amide bonds. The van der Waals surface area contributed by atoms with Gasteiger partial charge in [0.25, 0.3) is 0 Å². The lowest BCUT2D eigenvalue weighted by Crippen LogP contribution is -2.47. The van der Waals surface area contributed by atoms with Crippen molar-refractivity contribution in [2.75, 3.05) is 23.7 Å². The van der Waals surface area contributed by atoms with E-state index in [1.165, 1.54) is 0 Å². The first-order valence-electron chi connectivity index (χ1n) is 15.6. The zero-order chi connectivity index (χ0) is 31.7. The third-order valence-electron chi connectivity index (χ3n) is 8.22. The van der Waals surface area contributed by atoms with E-state index in [1.807, 2.05) is 76.2 Å². The smallest absolute Gasteiger partial charge is 0.410 e. The van der Waals surface area contributed by atoms with E-state index >= 15 is 0 Å². The number of aryl methyl sites for hydroxylation is 1. The second kappa shape index (κ2) is 12.3. The highest BCUT2D eigenvalue weighted by Gasteiger charge is 2.39. The van der Waals surface area contributed by atoms with Crippen LogP contribution in [0.2, 0.25) is 0 Å². The summed E-state index contributed by atoms with van der Waals surface area (Å²) in [4.78, 5) is 41.0. The lowest BCUT2D eigenvalue weighted by atomic mass is 10.0. The summed E-state index contributed by atoms with van der Waals surface area (Å²) >= 11 is 0. The molecule has 1 saturated carbocycles. The predicted molar refractivity (Wildman–Crippen MR) is 174 cm³/mol. The van der Waals surface area contributed by atoms with E-state index in [0.29, 0.717) is 47.8 Å². The Labute approximate surface area is 263 Å². The van der Waals surface area contributed by atoms with E-state index in [4.69, 9.17) is 14.5 Å². The summed E-state index contributed by atoms with van der Waals surface area (Å²) in [5.41, 5.74) is 2.53. The highest BCUT2D eigenvalue weighted by atomic mass is 16.6. The van der Waals surface area contributed by atoms with Crippen molar-refractivity contribution in [3.63, 3.8) is 0 Å². The Bertz CT molecular complexity index is 1740. The van der Waals surface area contributed by atoms with E-state index in [2.05, 4.69) is 27.5 Å². The highest BCUT2D eigenvalue weighted by Crippen LogP contribution is 2.41. The Morgan fingerprint density at radius 2 is 1.82 bits per heavy atom. The standard InChI is InChI=1S/C35H40N6O4/c1-21-13-14-24-25(10-6-12-28(24)39-31(42)27-19-22(27)2)30(21)44-32-26(11-7-16-36-32)29-15-17-37-33(40-29)38-23-9-8-18-41(20-23)34(43)45-35(3,4)5/h6-7,10-17,22-23,27H,8-9,18-20H2,1-5H3,(H,39,42)(H,37,38,40)/t22-,23?,27+/m0/s1. The largest absolute Gasteiger partial charge is 0.444 e. The molecule has 2 fully saturated rings. The molecule has 1 aliphatic carbocycles. The van der Waals surface area contributed by atoms with Crippen LogP contribution in [0.3, 0.4) is 0 Å². The number of carbonyl (C=O) groups excluding carboxylic acids is 2. The van der Waals surface area contributed by atoms with Crippen molar-refractivity contribution < 1.29 is 19.1 Å². The number of hydrogen-bond acceptors (Lipinski definition) is 8. The molecule has 2 aromatic carbocycles. The van der Waals surface area contributed by atoms with Crippen LogP contribution >= 0.6 is 0 Å². The molecule has 2 aromatic heterocycles. The molecule has 2 aliphatic rings. The lowest BCUT2D eigenvalue weighted by molar-refractivity contribution is -0.117. The van der Waals surface area contributed by atoms with Gasteiger partial charge in [0.15, 0.2) is 0 Å². The minimum atomic E-state index is -0.546. The van der Waals surface area contributed by atoms with Gasteiger partial charge in [-0.1, -0.05) is 31.2 Å². The normalized spacial score (nSPS) is 19.6. The van der Waals surface area contributed by atoms with Crippen molar-refractivity contribution in [3.05, 3.63) is 66.5 Å². The van der Waals surface area contributed by atoms with E-state index in [9.17, 15) is 9.59 Å². The Morgan fingerprint density at radius 3 is 2.60 bits per heavy atom. The lowest BCUT2D eigenvalue weighted by Gasteiger charge is -2.34. The van der Waals surface area contributed by atoms with Crippen LogP contribution in [0.1, 0.15) is 52.5 Å². The maximum atomic E-state index is 12.7. The van der Waals surface area contributed by atoms with E-state index in [0.717, 1.165) is 41.3 Å². The number of likely N-dealkylation sites (tertiary alicyclic amines) is 1. The van der Waals surface area contributed by atoms with Gasteiger partial charge in [0.1, 0.15) is 11.4 Å². The third-order valence-corrected chi connectivity index (χ3v) is 8.22. The Kier molecular flexibility index (Phi) is 8.31. The molecule has 0 bridgehead atoms. The van der Waals surface area contributed by atoms with Gasteiger partial charge in [-0.3, -0.25) is 4.79 Å². The van der Waals surface area contributed by atoms with Crippen molar-refractivity contribution in [3.8, 4) is 22.9 Å². The molecule has 2 N–H and O–H groups in total. The summed E-state index contributed by atoms with van der Waals surface area (Å²) in [6.07, 6.45) is 5.75. The number of hydrogen-bond donors (Lipinski definition) is 2. The Morgan fingerprint density at radius 1 is 1.00 bits per heavy atom. The van der Waals surface area contributed by atoms with Gasteiger partial charge in [-0.2, -0.15) is 0 Å². The number of piperidine rings is 1. The van der Waals surface area contributed by atoms with Crippen LogP contribution in [-0.2, 0) is 9.53 Å². The SMILES string of the molecule is Cc1ccc2c(NC(=O)[C@@H]3C[C@@H]3C)cccc2c1Oc1ncccc1-c1ccnc(NC2CCCN(C(=O)OC(C)(C)C)C2)n1. The van der Waals surface area contributed by atoms with Gasteiger partial charge in [-0.15, -0.1) is 0 Å². The molecule has 10 nitrogen and oxygen atoms in total. The minimum absolute atomic E-state index is 0.0118. The summed E-state index contributed by atoms with van der Waals surface area (Å²) in [6, 6.07) is 15.4. The van der Waals surface area contributed by atoms with Gasteiger partial charge in [0, 0.05) is 53.9 Å². The van der Waals surface area contributed by atoms with Gasteiger partial charge >= 0.3 is 6.09 Å². The summed E-state index contributed by atoms with van der Waals surface area (Å²) in [7, 11) is 0. The van der Waals surface area contributed by atoms with Crippen LogP contribution in [-0.4, -0.2) is 56.6 Å². The number of nitrogens with one attached hydrogen (secondary N) is 2. The summed E-state index contributed by atoms with van der Waals surface area (Å²) in [5.74, 6) is 2.10. The van der Waals surface area contributed by atoms with Crippen LogP contribution in [0.25, 0.3) is 22.0 Å². The quantitative estimate of drug-likeness (QED) is 0.226. The molecule has 3 atom stereocenters. The van der Waals surface area contributed by atoms with Gasteiger partial charge in [-0.05, 0) is 82.7 Å². The van der Waals surface area contributed by atoms with Crippen LogP contribution in [0, 0.1) is 18.8 Å². The summed E-state index contributed by atoms with van der Waals surface area (Å²) < 4.78 is 12.1. The number of pyridine rings is 1. The number of benzene rings is 2. The third kappa shape index (κ3) is 7.00. The fourth-order valence-corrected chi connectivity index (χ4v) is 5.71. The number of ether oxygens (including phenoxy) is 2. The molecule has 6 rings (SSSR count). The molecule has 4 aromatic rings. The maximum absolute atomic E-state index is 12.7. The highest BCUT2D eigenvalue weighted by molar-refractivity contribution is 6.05. The van der Waals surface area contributed by atoms with Crippen molar-refractivity contribution in [2.45, 2.75) is 65.5 Å². The molecule has 1 unspecified atom stereocenters. The molecule has 0 radical (unpaired) electrons. The van der Waals surface area contributed by atoms with Gasteiger partial charge < -0.3 is 25.0 Å². The summed E-state index contributed by atoms with van der Waals surface area (Å²) in [5, 5.41) is 8.31. The monoisotopic (exact) mass is 608 g/mol. The summed E-state index contributed by atoms with van der Waals surface area (Å²) in [6.45, 7) is 10.9. The van der Waals surface area contributed by atoms with E-state index < -0.39 is 5.60 Å². The van der Waals surface area contributed by atoms with Crippen molar-refractivity contribution in [1.82, 2.24) is 19.9 Å². The fourth-order valence-electron chi connectivity index (χ4n) is 5.71. The number of amides is 2. The van der Waals surface area contributed by atoms with Crippen LogP contribution in [0.4, 0.5) is 16.4 Å². The number of nitrogens with zero attached hydrogens (tertiary/aromatic N) is 4. The molecular weight excluding hydrogens is 568 g/mol. The van der Waals surface area contributed by atoms with Gasteiger partial charge in [0.05, 0.1) is 11.3 Å². The van der Waals surface area contributed by atoms with E-state index in [-0.39, 0.29) is 24.0 Å². The second-order valence-corrected chi connectivity index (χ2v) is 13.1. The van der Waals surface area contributed by atoms with Crippen molar-refractivity contribution >= 4 is 34.4 Å². The molecule has 234 valence electrons.